The number of hydrogen-bond acceptors (Lipinski definition) is 12. The maximum absolute atomic E-state index is 12.5. The minimum atomic E-state index is -0.421. The van der Waals surface area contributed by atoms with E-state index in [9.17, 15) is 24.0 Å². The molecule has 0 bridgehead atoms. The molecule has 0 saturated heterocycles. The largest absolute Gasteiger partial charge is 0.379 e. The van der Waals surface area contributed by atoms with E-state index in [0.717, 1.165) is 37.9 Å². The summed E-state index contributed by atoms with van der Waals surface area (Å²) in [6, 6.07) is 0. The summed E-state index contributed by atoms with van der Waals surface area (Å²) in [5.74, 6) is 0.197. The molecule has 0 unspecified atom stereocenters. The van der Waals surface area contributed by atoms with E-state index in [0.29, 0.717) is 65.3 Å². The second kappa shape index (κ2) is 32.9. The summed E-state index contributed by atoms with van der Waals surface area (Å²) in [6.07, 6.45) is 17.2. The van der Waals surface area contributed by atoms with Gasteiger partial charge in [-0.15, -0.1) is 10.2 Å². The van der Waals surface area contributed by atoms with Crippen molar-refractivity contribution in [2.75, 3.05) is 59.4 Å². The van der Waals surface area contributed by atoms with Gasteiger partial charge in [-0.05, 0) is 39.5 Å². The lowest BCUT2D eigenvalue weighted by atomic mass is 9.91. The van der Waals surface area contributed by atoms with Crippen LogP contribution < -0.4 is 5.32 Å². The van der Waals surface area contributed by atoms with Crippen molar-refractivity contribution in [2.45, 2.75) is 136 Å². The fraction of sp³-hybridized carbons (Fsp3) is 0.838. The molecule has 292 valence electrons. The second-order valence-corrected chi connectivity index (χ2v) is 13.2. The number of hydrogen-bond donors (Lipinski definition) is 2. The molecule has 1 amide bonds. The molecule has 0 saturated carbocycles. The minimum absolute atomic E-state index is 0.00938. The Labute approximate surface area is 304 Å². The predicted octanol–water partition coefficient (Wildman–Crippen LogP) is 4.88. The highest BCUT2D eigenvalue weighted by Gasteiger charge is 2.19. The lowest BCUT2D eigenvalue weighted by Gasteiger charge is -2.13. The summed E-state index contributed by atoms with van der Waals surface area (Å²) in [5, 5.41) is 16.8. The van der Waals surface area contributed by atoms with Crippen LogP contribution in [-0.2, 0) is 49.3 Å². The number of tetrazole rings is 1. The molecule has 0 aliphatic carbocycles. The number of carbonyl (C=O) groups is 5. The molecule has 14 nitrogen and oxygen atoms in total. The Morgan fingerprint density at radius 2 is 1.20 bits per heavy atom. The third-order valence-corrected chi connectivity index (χ3v) is 8.39. The number of Topliss-reactive ketones (excluding diaryl/α,β-unsaturated/α-hetero) is 4. The van der Waals surface area contributed by atoms with Crippen molar-refractivity contribution in [1.29, 1.82) is 0 Å². The zero-order chi connectivity index (χ0) is 37.2. The molecular formula is C37H65N5O9. The number of aryl methyl sites for hydroxylation is 1. The number of aromatic amines is 1. The number of carbonyl (C=O) groups excluding carboxylic acids is 5. The fourth-order valence-corrected chi connectivity index (χ4v) is 5.43. The van der Waals surface area contributed by atoms with Gasteiger partial charge in [-0.2, -0.15) is 5.21 Å². The van der Waals surface area contributed by atoms with Gasteiger partial charge in [0.1, 0.15) is 24.8 Å². The number of H-pyrrole nitrogens is 1. The van der Waals surface area contributed by atoms with E-state index in [1.165, 1.54) is 65.2 Å². The average Bonchev–Trinajstić information content (AvgIpc) is 3.62. The van der Waals surface area contributed by atoms with Gasteiger partial charge in [0.25, 0.3) is 0 Å². The molecule has 0 fully saturated rings. The van der Waals surface area contributed by atoms with E-state index >= 15 is 0 Å². The van der Waals surface area contributed by atoms with E-state index < -0.39 is 5.92 Å². The SMILES string of the molecule is CC(=O)COCCOCCCC(=O)COCCOCCNC(=O)CC[C@H](CC(=O)CCCCCCCCCCCCCCc1nn[nH]n1)C(C)=O. The summed E-state index contributed by atoms with van der Waals surface area (Å²) in [5.41, 5.74) is 0. The van der Waals surface area contributed by atoms with Crippen molar-refractivity contribution in [3.05, 3.63) is 5.82 Å². The standard InChI is InChI=1S/C37H65N5O9/c1-31(43)29-50-26-24-48-22-15-17-35(46)30-51-27-25-49-23-21-38-37(47)20-19-33(32(2)44)28-34(45)16-13-11-9-7-5-3-4-6-8-10-12-14-18-36-39-41-42-40-36/h33H,3-30H2,1-2H3,(H,38,47)(H,39,40,41,42)/t33-/m1/s1. The molecule has 0 aromatic carbocycles. The number of unbranched alkanes of at least 4 members (excludes halogenated alkanes) is 11. The number of amides is 1. The number of rotatable bonds is 38. The highest BCUT2D eigenvalue weighted by molar-refractivity contribution is 5.87. The van der Waals surface area contributed by atoms with Gasteiger partial charge in [0, 0.05) is 51.2 Å². The first-order valence-corrected chi connectivity index (χ1v) is 19.1. The van der Waals surface area contributed by atoms with Crippen molar-refractivity contribution in [2.24, 2.45) is 5.92 Å². The van der Waals surface area contributed by atoms with Gasteiger partial charge < -0.3 is 24.3 Å². The van der Waals surface area contributed by atoms with Gasteiger partial charge in [0.15, 0.2) is 17.4 Å². The molecule has 0 spiro atoms. The molecule has 1 heterocycles. The number of nitrogens with zero attached hydrogens (tertiary/aromatic N) is 3. The molecule has 0 aliphatic heterocycles. The first-order valence-electron chi connectivity index (χ1n) is 19.1. The summed E-state index contributed by atoms with van der Waals surface area (Å²) >= 11 is 0. The smallest absolute Gasteiger partial charge is 0.220 e. The minimum Gasteiger partial charge on any atom is -0.379 e. The highest BCUT2D eigenvalue weighted by Crippen LogP contribution is 2.17. The van der Waals surface area contributed by atoms with Crippen LogP contribution in [0.1, 0.15) is 135 Å². The normalized spacial score (nSPS) is 11.8. The fourth-order valence-electron chi connectivity index (χ4n) is 5.43. The number of ether oxygens (including phenoxy) is 4. The Hall–Kier alpha value is -2.94. The molecular weight excluding hydrogens is 658 g/mol. The Kier molecular flexibility index (Phi) is 29.8. The van der Waals surface area contributed by atoms with E-state index in [1.54, 1.807) is 0 Å². The van der Waals surface area contributed by atoms with Crippen molar-refractivity contribution < 1.29 is 42.9 Å². The zero-order valence-electron chi connectivity index (χ0n) is 31.4. The molecule has 51 heavy (non-hydrogen) atoms. The lowest BCUT2D eigenvalue weighted by Crippen LogP contribution is -2.28. The molecule has 1 aromatic rings. The van der Waals surface area contributed by atoms with Crippen molar-refractivity contribution in [3.63, 3.8) is 0 Å². The van der Waals surface area contributed by atoms with E-state index in [4.69, 9.17) is 18.9 Å². The summed E-state index contributed by atoms with van der Waals surface area (Å²) in [7, 11) is 0. The maximum Gasteiger partial charge on any atom is 0.220 e. The van der Waals surface area contributed by atoms with Crippen molar-refractivity contribution in [3.8, 4) is 0 Å². The van der Waals surface area contributed by atoms with Crippen LogP contribution in [0, 0.1) is 5.92 Å². The molecule has 0 radical (unpaired) electrons. The van der Waals surface area contributed by atoms with E-state index in [-0.39, 0.29) is 61.7 Å². The van der Waals surface area contributed by atoms with Gasteiger partial charge in [0.05, 0.1) is 33.0 Å². The molecule has 14 heteroatoms. The van der Waals surface area contributed by atoms with Gasteiger partial charge in [-0.25, -0.2) is 0 Å². The number of aromatic nitrogens is 4. The molecule has 2 N–H and O–H groups in total. The Morgan fingerprint density at radius 1 is 0.627 bits per heavy atom. The van der Waals surface area contributed by atoms with Gasteiger partial charge >= 0.3 is 0 Å². The van der Waals surface area contributed by atoms with Gasteiger partial charge in [-0.3, -0.25) is 24.0 Å². The molecule has 0 aliphatic rings. The third kappa shape index (κ3) is 30.4. The second-order valence-electron chi connectivity index (χ2n) is 13.2. The topological polar surface area (TPSA) is 189 Å². The Bertz CT molecular complexity index is 1060. The molecule has 1 rings (SSSR count). The predicted molar refractivity (Wildman–Crippen MR) is 192 cm³/mol. The van der Waals surface area contributed by atoms with Crippen molar-refractivity contribution >= 4 is 29.0 Å². The van der Waals surface area contributed by atoms with Crippen LogP contribution in [0.2, 0.25) is 0 Å². The van der Waals surface area contributed by atoms with Crippen LogP contribution in [-0.4, -0.2) is 109 Å². The summed E-state index contributed by atoms with van der Waals surface area (Å²) in [6.45, 7) is 5.40. The number of ketones is 4. The van der Waals surface area contributed by atoms with Crippen molar-refractivity contribution in [1.82, 2.24) is 25.9 Å². The highest BCUT2D eigenvalue weighted by atomic mass is 16.5. The Morgan fingerprint density at radius 3 is 1.80 bits per heavy atom. The monoisotopic (exact) mass is 723 g/mol. The lowest BCUT2D eigenvalue weighted by molar-refractivity contribution is -0.128. The maximum atomic E-state index is 12.5. The van der Waals surface area contributed by atoms with Crippen LogP contribution >= 0.6 is 0 Å². The third-order valence-electron chi connectivity index (χ3n) is 8.39. The van der Waals surface area contributed by atoms with Gasteiger partial charge in [0.2, 0.25) is 5.91 Å². The molecule has 1 aromatic heterocycles. The van der Waals surface area contributed by atoms with Crippen LogP contribution in [0.4, 0.5) is 0 Å². The summed E-state index contributed by atoms with van der Waals surface area (Å²) in [4.78, 5) is 59.5. The summed E-state index contributed by atoms with van der Waals surface area (Å²) < 4.78 is 21.2. The first-order chi connectivity index (χ1) is 24.8. The Balaban J connectivity index is 1.91. The van der Waals surface area contributed by atoms with E-state index in [1.807, 2.05) is 0 Å². The van der Waals surface area contributed by atoms with Crippen LogP contribution in [0.5, 0.6) is 0 Å². The number of nitrogens with one attached hydrogen (secondary N) is 2. The van der Waals surface area contributed by atoms with E-state index in [2.05, 4.69) is 25.9 Å². The van der Waals surface area contributed by atoms with Crippen LogP contribution in [0.3, 0.4) is 0 Å². The van der Waals surface area contributed by atoms with Crippen LogP contribution in [0.25, 0.3) is 0 Å². The zero-order valence-corrected chi connectivity index (χ0v) is 31.4. The van der Waals surface area contributed by atoms with Gasteiger partial charge in [-0.1, -0.05) is 69.4 Å². The molecule has 1 atom stereocenters. The average molecular weight is 724 g/mol. The van der Waals surface area contributed by atoms with Crippen LogP contribution in [0.15, 0.2) is 0 Å². The first kappa shape index (κ1) is 46.1. The quantitative estimate of drug-likeness (QED) is 0.0882.